The zero-order chi connectivity index (χ0) is 15.4. The molecule has 0 fully saturated rings. The average Bonchev–Trinajstić information content (AvgIpc) is 3.01. The van der Waals surface area contributed by atoms with Gasteiger partial charge in [-0.25, -0.2) is 4.98 Å². The third kappa shape index (κ3) is 3.48. The first-order chi connectivity index (χ1) is 10.1. The van der Waals surface area contributed by atoms with Gasteiger partial charge in [-0.2, -0.15) is 10.2 Å². The van der Waals surface area contributed by atoms with Crippen LogP contribution in [0, 0.1) is 13.8 Å². The zero-order valence-electron chi connectivity index (χ0n) is 13.3. The van der Waals surface area contributed by atoms with Crippen molar-refractivity contribution in [3.8, 4) is 0 Å². The molecule has 2 aromatic heterocycles. The van der Waals surface area contributed by atoms with Crippen molar-refractivity contribution in [2.45, 2.75) is 52.6 Å². The number of nitrogens with one attached hydrogen (secondary N) is 1. The maximum atomic E-state index is 5.70. The summed E-state index contributed by atoms with van der Waals surface area (Å²) in [7, 11) is 1.98. The van der Waals surface area contributed by atoms with E-state index in [4.69, 9.17) is 5.84 Å². The van der Waals surface area contributed by atoms with Crippen LogP contribution in [0.3, 0.4) is 0 Å². The van der Waals surface area contributed by atoms with E-state index in [1.165, 1.54) is 11.3 Å². The van der Waals surface area contributed by atoms with Gasteiger partial charge in [-0.15, -0.1) is 0 Å². The second-order valence-corrected chi connectivity index (χ2v) is 5.37. The highest BCUT2D eigenvalue weighted by Crippen LogP contribution is 2.16. The van der Waals surface area contributed by atoms with E-state index in [1.807, 2.05) is 16.4 Å². The Hall–Kier alpha value is -1.73. The monoisotopic (exact) mass is 291 g/mol. The topological polar surface area (TPSA) is 86.6 Å². The molecule has 2 rings (SSSR count). The Bertz CT molecular complexity index is 584. The summed E-state index contributed by atoms with van der Waals surface area (Å²) in [6.45, 7) is 7.05. The summed E-state index contributed by atoms with van der Waals surface area (Å²) >= 11 is 0. The van der Waals surface area contributed by atoms with Gasteiger partial charge in [-0.1, -0.05) is 0 Å². The standard InChI is InChI=1S/C14H25N7/c1-5-21-14(16-9-17-21)8-12(18-15)6-7-13-10(2)19-20(4)11(13)3/h9,12,18H,5-8,15H2,1-4H3. The van der Waals surface area contributed by atoms with Crippen LogP contribution in [-0.2, 0) is 26.4 Å². The van der Waals surface area contributed by atoms with Gasteiger partial charge >= 0.3 is 0 Å². The van der Waals surface area contributed by atoms with Gasteiger partial charge in [0.15, 0.2) is 0 Å². The van der Waals surface area contributed by atoms with Gasteiger partial charge < -0.3 is 0 Å². The van der Waals surface area contributed by atoms with E-state index in [1.54, 1.807) is 6.33 Å². The summed E-state index contributed by atoms with van der Waals surface area (Å²) in [5.41, 5.74) is 6.54. The quantitative estimate of drug-likeness (QED) is 0.578. The highest BCUT2D eigenvalue weighted by molar-refractivity contribution is 5.24. The van der Waals surface area contributed by atoms with Crippen molar-refractivity contribution in [1.82, 2.24) is 30.0 Å². The fourth-order valence-corrected chi connectivity index (χ4v) is 2.67. The Balaban J connectivity index is 2.00. The minimum absolute atomic E-state index is 0.179. The highest BCUT2D eigenvalue weighted by atomic mass is 15.3. The summed E-state index contributed by atoms with van der Waals surface area (Å²) in [5.74, 6) is 6.67. The fourth-order valence-electron chi connectivity index (χ4n) is 2.67. The van der Waals surface area contributed by atoms with Gasteiger partial charge in [0, 0.05) is 31.7 Å². The number of hydrogen-bond donors (Lipinski definition) is 2. The Labute approximate surface area is 125 Å². The second-order valence-electron chi connectivity index (χ2n) is 5.37. The predicted molar refractivity (Wildman–Crippen MR) is 81.5 cm³/mol. The fraction of sp³-hybridized carbons (Fsp3) is 0.643. The summed E-state index contributed by atoms with van der Waals surface area (Å²) < 4.78 is 3.84. The molecule has 0 saturated carbocycles. The normalized spacial score (nSPS) is 12.8. The van der Waals surface area contributed by atoms with E-state index in [0.29, 0.717) is 0 Å². The summed E-state index contributed by atoms with van der Waals surface area (Å²) in [4.78, 5) is 4.31. The Morgan fingerprint density at radius 2 is 2.14 bits per heavy atom. The Morgan fingerprint density at radius 1 is 1.38 bits per heavy atom. The summed E-state index contributed by atoms with van der Waals surface area (Å²) in [6, 6.07) is 0.179. The second kappa shape index (κ2) is 6.82. The van der Waals surface area contributed by atoms with Crippen molar-refractivity contribution < 1.29 is 0 Å². The van der Waals surface area contributed by atoms with Crippen LogP contribution in [0.4, 0.5) is 0 Å². The first kappa shape index (κ1) is 15.7. The van der Waals surface area contributed by atoms with Crippen LogP contribution in [0.15, 0.2) is 6.33 Å². The minimum Gasteiger partial charge on any atom is -0.272 e. The van der Waals surface area contributed by atoms with Crippen molar-refractivity contribution in [2.24, 2.45) is 12.9 Å². The van der Waals surface area contributed by atoms with Gasteiger partial charge in [0.05, 0.1) is 5.69 Å². The van der Waals surface area contributed by atoms with E-state index in [2.05, 4.69) is 41.4 Å². The molecule has 1 atom stereocenters. The number of aryl methyl sites for hydroxylation is 3. The summed E-state index contributed by atoms with van der Waals surface area (Å²) in [5, 5.41) is 8.65. The molecular formula is C14H25N7. The van der Waals surface area contributed by atoms with Crippen molar-refractivity contribution in [3.05, 3.63) is 29.1 Å². The van der Waals surface area contributed by atoms with Gasteiger partial charge in [0.2, 0.25) is 0 Å². The van der Waals surface area contributed by atoms with Crippen LogP contribution in [0.25, 0.3) is 0 Å². The van der Waals surface area contributed by atoms with E-state index in [9.17, 15) is 0 Å². The SMILES string of the molecule is CCn1ncnc1CC(CCc1c(C)nn(C)c1C)NN. The van der Waals surface area contributed by atoms with Crippen molar-refractivity contribution in [1.29, 1.82) is 0 Å². The molecule has 0 saturated heterocycles. The highest BCUT2D eigenvalue weighted by Gasteiger charge is 2.15. The largest absolute Gasteiger partial charge is 0.272 e. The van der Waals surface area contributed by atoms with E-state index < -0.39 is 0 Å². The molecule has 21 heavy (non-hydrogen) atoms. The maximum Gasteiger partial charge on any atom is 0.138 e. The molecule has 0 aromatic carbocycles. The minimum atomic E-state index is 0.179. The van der Waals surface area contributed by atoms with Crippen LogP contribution in [0.1, 0.15) is 36.1 Å². The average molecular weight is 291 g/mol. The van der Waals surface area contributed by atoms with Gasteiger partial charge in [-0.3, -0.25) is 20.6 Å². The molecule has 0 amide bonds. The van der Waals surface area contributed by atoms with Crippen LogP contribution in [0.5, 0.6) is 0 Å². The third-order valence-corrected chi connectivity index (χ3v) is 4.06. The molecular weight excluding hydrogens is 266 g/mol. The van der Waals surface area contributed by atoms with Crippen molar-refractivity contribution >= 4 is 0 Å². The molecule has 2 aromatic rings. The number of nitrogens with zero attached hydrogens (tertiary/aromatic N) is 5. The lowest BCUT2D eigenvalue weighted by Gasteiger charge is -2.15. The lowest BCUT2D eigenvalue weighted by Crippen LogP contribution is -2.38. The zero-order valence-corrected chi connectivity index (χ0v) is 13.3. The summed E-state index contributed by atoms with van der Waals surface area (Å²) in [6.07, 6.45) is 4.28. The van der Waals surface area contributed by atoms with E-state index >= 15 is 0 Å². The van der Waals surface area contributed by atoms with Crippen molar-refractivity contribution in [3.63, 3.8) is 0 Å². The molecule has 0 bridgehead atoms. The van der Waals surface area contributed by atoms with Gasteiger partial charge in [0.1, 0.15) is 12.2 Å². The number of aromatic nitrogens is 5. The molecule has 0 radical (unpaired) electrons. The molecule has 0 aliphatic carbocycles. The Morgan fingerprint density at radius 3 is 2.71 bits per heavy atom. The van der Waals surface area contributed by atoms with Crippen LogP contribution in [-0.4, -0.2) is 30.6 Å². The lowest BCUT2D eigenvalue weighted by atomic mass is 10.0. The van der Waals surface area contributed by atoms with E-state index in [0.717, 1.165) is 37.3 Å². The molecule has 3 N–H and O–H groups in total. The molecule has 0 spiro atoms. The smallest absolute Gasteiger partial charge is 0.138 e. The first-order valence-corrected chi connectivity index (χ1v) is 7.38. The lowest BCUT2D eigenvalue weighted by molar-refractivity contribution is 0.465. The first-order valence-electron chi connectivity index (χ1n) is 7.38. The van der Waals surface area contributed by atoms with Gasteiger partial charge in [0.25, 0.3) is 0 Å². The van der Waals surface area contributed by atoms with Gasteiger partial charge in [-0.05, 0) is 39.2 Å². The number of nitrogens with two attached hydrogens (primary N) is 1. The molecule has 0 aliphatic heterocycles. The number of hydrogen-bond acceptors (Lipinski definition) is 5. The number of hydrazine groups is 1. The van der Waals surface area contributed by atoms with E-state index in [-0.39, 0.29) is 6.04 Å². The molecule has 0 aliphatic rings. The Kier molecular flexibility index (Phi) is 5.08. The predicted octanol–water partition coefficient (Wildman–Crippen LogP) is 0.656. The molecule has 7 nitrogen and oxygen atoms in total. The van der Waals surface area contributed by atoms with Crippen LogP contribution < -0.4 is 11.3 Å². The van der Waals surface area contributed by atoms with Crippen LogP contribution in [0.2, 0.25) is 0 Å². The molecule has 2 heterocycles. The molecule has 1 unspecified atom stereocenters. The van der Waals surface area contributed by atoms with Crippen molar-refractivity contribution in [2.75, 3.05) is 0 Å². The molecule has 116 valence electrons. The number of rotatable bonds is 7. The molecule has 7 heteroatoms. The maximum absolute atomic E-state index is 5.70. The van der Waals surface area contributed by atoms with Crippen LogP contribution >= 0.6 is 0 Å². The third-order valence-electron chi connectivity index (χ3n) is 4.06.